The maximum absolute atomic E-state index is 12.7. The zero-order valence-electron chi connectivity index (χ0n) is 16.9. The van der Waals surface area contributed by atoms with Gasteiger partial charge in [-0.1, -0.05) is 26.0 Å². The quantitative estimate of drug-likeness (QED) is 0.575. The monoisotopic (exact) mass is 412 g/mol. The van der Waals surface area contributed by atoms with Crippen molar-refractivity contribution in [3.8, 4) is 0 Å². The number of furan rings is 1. The molecule has 9 nitrogen and oxygen atoms in total. The lowest BCUT2D eigenvalue weighted by molar-refractivity contribution is -0.134. The van der Waals surface area contributed by atoms with Gasteiger partial charge in [-0.3, -0.25) is 19.3 Å². The van der Waals surface area contributed by atoms with Crippen LogP contribution in [0.4, 0.5) is 10.5 Å². The average Bonchev–Trinajstić information content (AvgIpc) is 3.35. The van der Waals surface area contributed by atoms with Crippen LogP contribution in [0.25, 0.3) is 0 Å². The molecule has 1 aliphatic rings. The fourth-order valence-electron chi connectivity index (χ4n) is 3.35. The first-order valence-corrected chi connectivity index (χ1v) is 9.73. The number of amides is 5. The van der Waals surface area contributed by atoms with Gasteiger partial charge in [0.2, 0.25) is 5.91 Å². The first kappa shape index (κ1) is 21.1. The molecule has 0 spiro atoms. The summed E-state index contributed by atoms with van der Waals surface area (Å²) in [6, 6.07) is 9.35. The van der Waals surface area contributed by atoms with Crippen LogP contribution >= 0.6 is 0 Å². The van der Waals surface area contributed by atoms with Gasteiger partial charge in [0, 0.05) is 0 Å². The van der Waals surface area contributed by atoms with Crippen LogP contribution in [-0.4, -0.2) is 40.7 Å². The first-order valence-electron chi connectivity index (χ1n) is 9.73. The Hall–Kier alpha value is -3.62. The van der Waals surface area contributed by atoms with E-state index in [2.05, 4.69) is 16.0 Å². The van der Waals surface area contributed by atoms with Gasteiger partial charge >= 0.3 is 6.03 Å². The van der Waals surface area contributed by atoms with Gasteiger partial charge in [0.25, 0.3) is 11.8 Å². The second-order valence-corrected chi connectivity index (χ2v) is 6.97. The summed E-state index contributed by atoms with van der Waals surface area (Å²) in [6.45, 7) is 3.38. The van der Waals surface area contributed by atoms with Crippen molar-refractivity contribution in [3.63, 3.8) is 0 Å². The zero-order chi connectivity index (χ0) is 21.7. The van der Waals surface area contributed by atoms with E-state index in [1.165, 1.54) is 6.26 Å². The Bertz CT molecular complexity index is 950. The predicted octanol–water partition coefficient (Wildman–Crippen LogP) is 2.26. The van der Waals surface area contributed by atoms with E-state index in [0.717, 1.165) is 4.90 Å². The van der Waals surface area contributed by atoms with E-state index in [0.29, 0.717) is 18.6 Å². The molecule has 1 aliphatic heterocycles. The van der Waals surface area contributed by atoms with E-state index in [1.54, 1.807) is 36.4 Å². The molecule has 2 heterocycles. The highest BCUT2D eigenvalue weighted by Crippen LogP contribution is 2.25. The summed E-state index contributed by atoms with van der Waals surface area (Å²) >= 11 is 0. The number of imide groups is 1. The molecule has 0 radical (unpaired) electrons. The van der Waals surface area contributed by atoms with Gasteiger partial charge in [0.05, 0.1) is 24.1 Å². The number of nitrogens with zero attached hydrogens (tertiary/aromatic N) is 1. The fourth-order valence-corrected chi connectivity index (χ4v) is 3.35. The van der Waals surface area contributed by atoms with Gasteiger partial charge in [-0.2, -0.15) is 0 Å². The lowest BCUT2D eigenvalue weighted by Crippen LogP contribution is -2.46. The van der Waals surface area contributed by atoms with E-state index in [1.807, 2.05) is 13.8 Å². The van der Waals surface area contributed by atoms with Crippen molar-refractivity contribution in [2.24, 2.45) is 0 Å². The largest absolute Gasteiger partial charge is 0.467 e. The first-order chi connectivity index (χ1) is 14.4. The molecule has 1 fully saturated rings. The van der Waals surface area contributed by atoms with Crippen LogP contribution in [0.5, 0.6) is 0 Å². The number of urea groups is 1. The zero-order valence-corrected chi connectivity index (χ0v) is 16.9. The van der Waals surface area contributed by atoms with Gasteiger partial charge in [-0.15, -0.1) is 0 Å². The predicted molar refractivity (Wildman–Crippen MR) is 109 cm³/mol. The van der Waals surface area contributed by atoms with Crippen LogP contribution in [0.3, 0.4) is 0 Å². The number of carbonyl (C=O) groups is 4. The Kier molecular flexibility index (Phi) is 6.20. The van der Waals surface area contributed by atoms with Gasteiger partial charge in [-0.25, -0.2) is 4.79 Å². The molecule has 5 amide bonds. The Balaban J connectivity index is 1.66. The summed E-state index contributed by atoms with van der Waals surface area (Å²) < 4.78 is 5.18. The number of hydrogen-bond donors (Lipinski definition) is 3. The molecule has 0 unspecified atom stereocenters. The molecule has 1 saturated heterocycles. The van der Waals surface area contributed by atoms with Gasteiger partial charge < -0.3 is 20.4 Å². The minimum Gasteiger partial charge on any atom is -0.467 e. The van der Waals surface area contributed by atoms with Crippen molar-refractivity contribution in [3.05, 3.63) is 54.0 Å². The van der Waals surface area contributed by atoms with Gasteiger partial charge in [0.1, 0.15) is 17.8 Å². The Labute approximate surface area is 173 Å². The van der Waals surface area contributed by atoms with E-state index < -0.39 is 35.8 Å². The lowest BCUT2D eigenvalue weighted by atomic mass is 9.93. The van der Waals surface area contributed by atoms with E-state index in [4.69, 9.17) is 4.42 Å². The number of benzene rings is 1. The summed E-state index contributed by atoms with van der Waals surface area (Å²) in [6.07, 6.45) is 2.38. The molecule has 2 aromatic rings. The molecular formula is C21H24N4O5. The second kappa shape index (κ2) is 8.81. The maximum atomic E-state index is 12.7. The van der Waals surface area contributed by atoms with Crippen LogP contribution in [0.1, 0.15) is 42.8 Å². The van der Waals surface area contributed by atoms with Crippen LogP contribution in [-0.2, 0) is 16.1 Å². The lowest BCUT2D eigenvalue weighted by Gasteiger charge is -2.23. The third-order valence-electron chi connectivity index (χ3n) is 5.20. The number of anilines is 1. The van der Waals surface area contributed by atoms with Crippen LogP contribution in [0, 0.1) is 0 Å². The topological polar surface area (TPSA) is 121 Å². The normalized spacial score (nSPS) is 15.1. The van der Waals surface area contributed by atoms with E-state index >= 15 is 0 Å². The molecule has 30 heavy (non-hydrogen) atoms. The summed E-state index contributed by atoms with van der Waals surface area (Å²) in [4.78, 5) is 50.8. The molecule has 0 aliphatic carbocycles. The van der Waals surface area contributed by atoms with Crippen LogP contribution < -0.4 is 16.0 Å². The molecule has 0 atom stereocenters. The molecule has 3 N–H and O–H groups in total. The number of nitrogens with one attached hydrogen (secondary N) is 3. The number of rotatable bonds is 8. The molecule has 0 bridgehead atoms. The fraction of sp³-hybridized carbons (Fsp3) is 0.333. The third-order valence-corrected chi connectivity index (χ3v) is 5.20. The smallest absolute Gasteiger partial charge is 0.325 e. The summed E-state index contributed by atoms with van der Waals surface area (Å²) in [5.74, 6) is -0.794. The highest BCUT2D eigenvalue weighted by atomic mass is 16.3. The van der Waals surface area contributed by atoms with Crippen LogP contribution in [0.2, 0.25) is 0 Å². The van der Waals surface area contributed by atoms with Crippen molar-refractivity contribution < 1.29 is 23.6 Å². The molecular weight excluding hydrogens is 388 g/mol. The third kappa shape index (κ3) is 4.19. The van der Waals surface area contributed by atoms with Crippen LogP contribution in [0.15, 0.2) is 47.1 Å². The standard InChI is InChI=1S/C21H24N4O5/c1-3-21(4-2)19(28)25(20(29)24-21)13-17(26)23-16-10-6-5-9-15(16)18(27)22-12-14-8-7-11-30-14/h5-11H,3-4,12-13H2,1-2H3,(H,22,27)(H,23,26)(H,24,29). The SMILES string of the molecule is CCC1(CC)NC(=O)N(CC(=O)Nc2ccccc2C(=O)NCc2ccco2)C1=O. The second-order valence-electron chi connectivity index (χ2n) is 6.97. The van der Waals surface area contributed by atoms with Gasteiger partial charge in [-0.05, 0) is 37.1 Å². The number of hydrogen-bond acceptors (Lipinski definition) is 5. The average molecular weight is 412 g/mol. The Morgan fingerprint density at radius 2 is 1.83 bits per heavy atom. The van der Waals surface area contributed by atoms with E-state index in [-0.39, 0.29) is 17.8 Å². The highest BCUT2D eigenvalue weighted by molar-refractivity contribution is 6.11. The number of carbonyl (C=O) groups excluding carboxylic acids is 4. The molecule has 9 heteroatoms. The van der Waals surface area contributed by atoms with Crippen molar-refractivity contribution in [2.45, 2.75) is 38.8 Å². The van der Waals surface area contributed by atoms with E-state index in [9.17, 15) is 19.2 Å². The molecule has 1 aromatic heterocycles. The molecule has 3 rings (SSSR count). The molecule has 158 valence electrons. The Morgan fingerprint density at radius 3 is 2.47 bits per heavy atom. The maximum Gasteiger partial charge on any atom is 0.325 e. The summed E-state index contributed by atoms with van der Waals surface area (Å²) in [5, 5.41) is 8.01. The summed E-state index contributed by atoms with van der Waals surface area (Å²) in [7, 11) is 0. The van der Waals surface area contributed by atoms with Crippen molar-refractivity contribution >= 4 is 29.4 Å². The molecule has 0 saturated carbocycles. The van der Waals surface area contributed by atoms with Gasteiger partial charge in [0.15, 0.2) is 0 Å². The van der Waals surface area contributed by atoms with Crippen molar-refractivity contribution in [1.82, 2.24) is 15.5 Å². The van der Waals surface area contributed by atoms with Crippen molar-refractivity contribution in [1.29, 1.82) is 0 Å². The molecule has 1 aromatic carbocycles. The minimum atomic E-state index is -0.971. The van der Waals surface area contributed by atoms with Crippen molar-refractivity contribution in [2.75, 3.05) is 11.9 Å². The minimum absolute atomic E-state index is 0.201. The number of para-hydroxylation sites is 1. The Morgan fingerprint density at radius 1 is 1.10 bits per heavy atom. The highest BCUT2D eigenvalue weighted by Gasteiger charge is 2.49. The summed E-state index contributed by atoms with van der Waals surface area (Å²) in [5.41, 5.74) is -0.434.